The summed E-state index contributed by atoms with van der Waals surface area (Å²) >= 11 is 0. The highest BCUT2D eigenvalue weighted by atomic mass is 15.5. The molecular weight excluding hydrogens is 358 g/mol. The maximum Gasteiger partial charge on any atom is 0.224 e. The third-order valence-corrected chi connectivity index (χ3v) is 4.87. The maximum absolute atomic E-state index is 6.46. The molecule has 6 N–H and O–H groups in total. The van der Waals surface area contributed by atoms with Crippen molar-refractivity contribution in [2.75, 3.05) is 22.3 Å². The number of hydrogen-bond donors (Lipinski definition) is 3. The Morgan fingerprint density at radius 2 is 1.75 bits per heavy atom. The number of aryl methyl sites for hydroxylation is 1. The highest BCUT2D eigenvalue weighted by Gasteiger charge is 2.21. The smallest absolute Gasteiger partial charge is 0.224 e. The molecule has 0 saturated heterocycles. The third kappa shape index (κ3) is 2.68. The highest BCUT2D eigenvalue weighted by molar-refractivity contribution is 5.90. The van der Waals surface area contributed by atoms with Gasteiger partial charge in [-0.2, -0.15) is 9.97 Å². The number of rotatable bonds is 5. The van der Waals surface area contributed by atoms with Crippen LogP contribution < -0.4 is 27.4 Å². The van der Waals surface area contributed by atoms with Gasteiger partial charge in [-0.1, -0.05) is 0 Å². The van der Waals surface area contributed by atoms with Gasteiger partial charge < -0.3 is 14.9 Å². The molecule has 0 aromatic carbocycles. The molecule has 0 radical (unpaired) electrons. The van der Waals surface area contributed by atoms with E-state index in [1.165, 1.54) is 11.3 Å². The fourth-order valence-electron chi connectivity index (χ4n) is 3.29. The average molecular weight is 381 g/mol. The molecule has 0 amide bonds. The van der Waals surface area contributed by atoms with Gasteiger partial charge in [0.1, 0.15) is 23.8 Å². The summed E-state index contributed by atoms with van der Waals surface area (Å²) in [6.45, 7) is 4.47. The topological polar surface area (TPSA) is 146 Å². The Bertz CT molecular complexity index is 1140. The quantitative estimate of drug-likeness (QED) is 0.339. The standard InChI is InChI=1S/C17H23N11/c1-4-27(19)16-12-6-8-26(15(12)23-17(18)24-16)10(2)28(20)14-11-5-7-25(3)13(11)21-9-22-14/h5-10H,4,19-20H2,1-3H3,(H2,18,23,24). The summed E-state index contributed by atoms with van der Waals surface area (Å²) < 4.78 is 3.84. The van der Waals surface area contributed by atoms with E-state index in [0.717, 1.165) is 16.4 Å². The van der Waals surface area contributed by atoms with Gasteiger partial charge in [-0.25, -0.2) is 21.7 Å². The summed E-state index contributed by atoms with van der Waals surface area (Å²) in [7, 11) is 1.93. The van der Waals surface area contributed by atoms with Crippen molar-refractivity contribution in [3.05, 3.63) is 30.9 Å². The van der Waals surface area contributed by atoms with Crippen LogP contribution in [0.4, 0.5) is 17.6 Å². The van der Waals surface area contributed by atoms with Crippen LogP contribution in [0, 0.1) is 0 Å². The number of nitrogens with two attached hydrogens (primary N) is 3. The molecule has 11 heteroatoms. The van der Waals surface area contributed by atoms with Crippen molar-refractivity contribution in [3.63, 3.8) is 0 Å². The number of nitrogen functional groups attached to an aromatic ring is 1. The Balaban J connectivity index is 1.80. The summed E-state index contributed by atoms with van der Waals surface area (Å²) in [5.41, 5.74) is 7.38. The molecule has 4 aromatic rings. The van der Waals surface area contributed by atoms with E-state index in [4.69, 9.17) is 17.4 Å². The lowest BCUT2D eigenvalue weighted by Crippen LogP contribution is -2.37. The van der Waals surface area contributed by atoms with Crippen molar-refractivity contribution in [2.45, 2.75) is 20.0 Å². The lowest BCUT2D eigenvalue weighted by molar-refractivity contribution is 0.525. The molecule has 0 bridgehead atoms. The first-order valence-electron chi connectivity index (χ1n) is 8.88. The fourth-order valence-corrected chi connectivity index (χ4v) is 3.29. The summed E-state index contributed by atoms with van der Waals surface area (Å²) in [4.78, 5) is 17.4. The minimum absolute atomic E-state index is 0.148. The molecule has 0 aliphatic rings. The molecule has 4 heterocycles. The largest absolute Gasteiger partial charge is 0.368 e. The number of aromatic nitrogens is 6. The van der Waals surface area contributed by atoms with E-state index in [1.807, 2.05) is 54.6 Å². The van der Waals surface area contributed by atoms with E-state index in [0.29, 0.717) is 23.8 Å². The molecule has 1 unspecified atom stereocenters. The SMILES string of the molecule is CCN(N)c1nc(N)nc2c1ccn2C(C)N(N)c1ncnc2c1ccn2C. The van der Waals surface area contributed by atoms with Crippen LogP contribution in [0.3, 0.4) is 0 Å². The van der Waals surface area contributed by atoms with Crippen LogP contribution in [-0.2, 0) is 7.05 Å². The van der Waals surface area contributed by atoms with Crippen molar-refractivity contribution < 1.29 is 0 Å². The van der Waals surface area contributed by atoms with E-state index in [9.17, 15) is 0 Å². The highest BCUT2D eigenvalue weighted by Crippen LogP contribution is 2.30. The van der Waals surface area contributed by atoms with Crippen LogP contribution >= 0.6 is 0 Å². The molecule has 0 fully saturated rings. The zero-order chi connectivity index (χ0) is 20.0. The van der Waals surface area contributed by atoms with Crippen molar-refractivity contribution in [1.82, 2.24) is 29.1 Å². The van der Waals surface area contributed by atoms with Gasteiger partial charge in [0, 0.05) is 26.0 Å². The van der Waals surface area contributed by atoms with Crippen LogP contribution in [0.2, 0.25) is 0 Å². The molecule has 1 atom stereocenters. The van der Waals surface area contributed by atoms with E-state index in [-0.39, 0.29) is 12.1 Å². The predicted octanol–water partition coefficient (Wildman–Crippen LogP) is 0.894. The molecule has 0 spiro atoms. The van der Waals surface area contributed by atoms with Gasteiger partial charge in [-0.15, -0.1) is 0 Å². The summed E-state index contributed by atoms with van der Waals surface area (Å²) in [5, 5.41) is 4.78. The number of nitrogens with zero attached hydrogens (tertiary/aromatic N) is 8. The second-order valence-corrected chi connectivity index (χ2v) is 6.55. The molecule has 28 heavy (non-hydrogen) atoms. The van der Waals surface area contributed by atoms with Crippen LogP contribution in [0.5, 0.6) is 0 Å². The number of hydrazine groups is 2. The average Bonchev–Trinajstić information content (AvgIpc) is 3.29. The number of fused-ring (bicyclic) bond motifs is 2. The van der Waals surface area contributed by atoms with E-state index in [2.05, 4.69) is 19.9 Å². The van der Waals surface area contributed by atoms with Crippen LogP contribution in [-0.4, -0.2) is 35.6 Å². The second-order valence-electron chi connectivity index (χ2n) is 6.55. The van der Waals surface area contributed by atoms with Crippen LogP contribution in [0.1, 0.15) is 20.0 Å². The Labute approximate surface area is 161 Å². The summed E-state index contributed by atoms with van der Waals surface area (Å²) in [5.74, 6) is 13.9. The van der Waals surface area contributed by atoms with Crippen LogP contribution in [0.15, 0.2) is 30.9 Å². The van der Waals surface area contributed by atoms with Gasteiger partial charge >= 0.3 is 0 Å². The minimum atomic E-state index is -0.300. The lowest BCUT2D eigenvalue weighted by Gasteiger charge is -2.27. The molecule has 0 saturated carbocycles. The zero-order valence-corrected chi connectivity index (χ0v) is 16.0. The third-order valence-electron chi connectivity index (χ3n) is 4.87. The molecule has 146 valence electrons. The monoisotopic (exact) mass is 381 g/mol. The van der Waals surface area contributed by atoms with Crippen molar-refractivity contribution in [2.24, 2.45) is 18.7 Å². The Hall–Kier alpha value is -3.44. The van der Waals surface area contributed by atoms with Gasteiger partial charge in [0.2, 0.25) is 5.95 Å². The first-order valence-corrected chi connectivity index (χ1v) is 8.88. The van der Waals surface area contributed by atoms with Gasteiger partial charge in [0.05, 0.1) is 10.8 Å². The van der Waals surface area contributed by atoms with Gasteiger partial charge in [-0.3, -0.25) is 10.0 Å². The first-order chi connectivity index (χ1) is 13.4. The Morgan fingerprint density at radius 3 is 2.50 bits per heavy atom. The molecule has 11 nitrogen and oxygen atoms in total. The van der Waals surface area contributed by atoms with Crippen molar-refractivity contribution >= 4 is 39.7 Å². The van der Waals surface area contributed by atoms with Gasteiger partial charge in [0.15, 0.2) is 11.6 Å². The fraction of sp³-hybridized carbons (Fsp3) is 0.294. The van der Waals surface area contributed by atoms with E-state index in [1.54, 1.807) is 5.01 Å². The maximum atomic E-state index is 6.46. The van der Waals surface area contributed by atoms with Crippen molar-refractivity contribution in [3.8, 4) is 0 Å². The predicted molar refractivity (Wildman–Crippen MR) is 109 cm³/mol. The van der Waals surface area contributed by atoms with Gasteiger partial charge in [-0.05, 0) is 26.0 Å². The molecule has 4 rings (SSSR count). The number of anilines is 3. The van der Waals surface area contributed by atoms with Gasteiger partial charge in [0.25, 0.3) is 0 Å². The summed E-state index contributed by atoms with van der Waals surface area (Å²) in [6.07, 6.45) is 5.02. The van der Waals surface area contributed by atoms with Crippen molar-refractivity contribution in [1.29, 1.82) is 0 Å². The summed E-state index contributed by atoms with van der Waals surface area (Å²) in [6, 6.07) is 3.85. The molecule has 0 aliphatic heterocycles. The number of hydrogen-bond acceptors (Lipinski definition) is 9. The van der Waals surface area contributed by atoms with E-state index < -0.39 is 0 Å². The second kappa shape index (κ2) is 6.62. The Kier molecular flexibility index (Phi) is 4.24. The lowest BCUT2D eigenvalue weighted by atomic mass is 10.3. The normalized spacial score (nSPS) is 12.6. The van der Waals surface area contributed by atoms with Crippen LogP contribution in [0.25, 0.3) is 22.1 Å². The zero-order valence-electron chi connectivity index (χ0n) is 16.0. The molecule has 0 aliphatic carbocycles. The molecule has 4 aromatic heterocycles. The molecular formula is C17H23N11. The first kappa shape index (κ1) is 17.9. The van der Waals surface area contributed by atoms with E-state index >= 15 is 0 Å². The Morgan fingerprint density at radius 1 is 1.04 bits per heavy atom. The minimum Gasteiger partial charge on any atom is -0.368 e.